The largest absolute Gasteiger partial charge is 0.326 e. The standard InChI is InChI=1S/C15H22N2O.ClH/c1-11(2)13-3-5-14(6-4-13)17-15(18)9-12-7-8-16-10-12;/h3-6,11-12,16H,7-10H2,1-2H3,(H,17,18);1H. The minimum absolute atomic E-state index is 0. The lowest BCUT2D eigenvalue weighted by Crippen LogP contribution is -2.18. The van der Waals surface area contributed by atoms with E-state index in [2.05, 4.69) is 36.6 Å². The first-order valence-corrected chi connectivity index (χ1v) is 6.75. The predicted octanol–water partition coefficient (Wildman–Crippen LogP) is 3.17. The Bertz CT molecular complexity index is 397. The van der Waals surface area contributed by atoms with Crippen LogP contribution in [-0.4, -0.2) is 19.0 Å². The Labute approximate surface area is 121 Å². The lowest BCUT2D eigenvalue weighted by atomic mass is 10.0. The summed E-state index contributed by atoms with van der Waals surface area (Å²) in [5.74, 6) is 1.15. The van der Waals surface area contributed by atoms with Crippen molar-refractivity contribution >= 4 is 24.0 Å². The third-order valence-electron chi connectivity index (χ3n) is 3.50. The number of nitrogens with one attached hydrogen (secondary N) is 2. The first kappa shape index (κ1) is 16.0. The fraction of sp³-hybridized carbons (Fsp3) is 0.533. The Balaban J connectivity index is 0.00000180. The molecule has 106 valence electrons. The molecule has 0 aromatic heterocycles. The molecule has 1 unspecified atom stereocenters. The zero-order chi connectivity index (χ0) is 13.0. The molecule has 0 radical (unpaired) electrons. The molecule has 0 saturated carbocycles. The van der Waals surface area contributed by atoms with Crippen molar-refractivity contribution in [3.8, 4) is 0 Å². The van der Waals surface area contributed by atoms with Crippen LogP contribution in [0.5, 0.6) is 0 Å². The first-order chi connectivity index (χ1) is 8.65. The van der Waals surface area contributed by atoms with Gasteiger partial charge in [-0.3, -0.25) is 4.79 Å². The second-order valence-electron chi connectivity index (χ2n) is 5.39. The molecule has 3 nitrogen and oxygen atoms in total. The molecular formula is C15H23ClN2O. The molecule has 1 aliphatic heterocycles. The van der Waals surface area contributed by atoms with Crippen LogP contribution in [0.25, 0.3) is 0 Å². The monoisotopic (exact) mass is 282 g/mol. The lowest BCUT2D eigenvalue weighted by Gasteiger charge is -2.10. The molecule has 1 aromatic carbocycles. The van der Waals surface area contributed by atoms with Crippen molar-refractivity contribution in [3.63, 3.8) is 0 Å². The van der Waals surface area contributed by atoms with Gasteiger partial charge < -0.3 is 10.6 Å². The van der Waals surface area contributed by atoms with E-state index in [0.717, 1.165) is 25.2 Å². The summed E-state index contributed by atoms with van der Waals surface area (Å²) in [5, 5.41) is 6.25. The highest BCUT2D eigenvalue weighted by molar-refractivity contribution is 5.90. The molecule has 0 spiro atoms. The van der Waals surface area contributed by atoms with Gasteiger partial charge in [0.2, 0.25) is 5.91 Å². The average Bonchev–Trinajstić information content (AvgIpc) is 2.82. The third kappa shape index (κ3) is 4.84. The Kier molecular flexibility index (Phi) is 6.32. The number of carbonyl (C=O) groups is 1. The molecule has 2 rings (SSSR count). The van der Waals surface area contributed by atoms with Crippen molar-refractivity contribution in [2.45, 2.75) is 32.6 Å². The van der Waals surface area contributed by atoms with Crippen molar-refractivity contribution in [1.82, 2.24) is 5.32 Å². The maximum Gasteiger partial charge on any atom is 0.224 e. The van der Waals surface area contributed by atoms with Gasteiger partial charge in [0.15, 0.2) is 0 Å². The molecule has 1 aliphatic rings. The molecule has 1 amide bonds. The van der Waals surface area contributed by atoms with Crippen molar-refractivity contribution in [3.05, 3.63) is 29.8 Å². The van der Waals surface area contributed by atoms with Gasteiger partial charge in [-0.15, -0.1) is 12.4 Å². The number of hydrogen-bond acceptors (Lipinski definition) is 2. The predicted molar refractivity (Wildman–Crippen MR) is 82.0 cm³/mol. The Morgan fingerprint density at radius 3 is 2.58 bits per heavy atom. The summed E-state index contributed by atoms with van der Waals surface area (Å²) in [6.07, 6.45) is 1.73. The molecule has 4 heteroatoms. The number of halogens is 1. The number of rotatable bonds is 4. The van der Waals surface area contributed by atoms with Crippen molar-refractivity contribution in [2.75, 3.05) is 18.4 Å². The van der Waals surface area contributed by atoms with Gasteiger partial charge in [0, 0.05) is 12.1 Å². The van der Waals surface area contributed by atoms with Crippen LogP contribution >= 0.6 is 12.4 Å². The van der Waals surface area contributed by atoms with Crippen LogP contribution in [0.1, 0.15) is 38.2 Å². The lowest BCUT2D eigenvalue weighted by molar-refractivity contribution is -0.116. The summed E-state index contributed by atoms with van der Waals surface area (Å²) in [6.45, 7) is 6.35. The van der Waals surface area contributed by atoms with Gasteiger partial charge in [-0.1, -0.05) is 26.0 Å². The Hall–Kier alpha value is -1.06. The van der Waals surface area contributed by atoms with E-state index in [9.17, 15) is 4.79 Å². The van der Waals surface area contributed by atoms with Gasteiger partial charge in [0.25, 0.3) is 0 Å². The van der Waals surface area contributed by atoms with Crippen molar-refractivity contribution < 1.29 is 4.79 Å². The van der Waals surface area contributed by atoms with E-state index in [4.69, 9.17) is 0 Å². The van der Waals surface area contributed by atoms with E-state index < -0.39 is 0 Å². The number of benzene rings is 1. The third-order valence-corrected chi connectivity index (χ3v) is 3.50. The van der Waals surface area contributed by atoms with E-state index in [0.29, 0.717) is 18.3 Å². The molecule has 19 heavy (non-hydrogen) atoms. The summed E-state index contributed by atoms with van der Waals surface area (Å²) in [7, 11) is 0. The minimum atomic E-state index is 0. The summed E-state index contributed by atoms with van der Waals surface area (Å²) in [6, 6.07) is 8.13. The first-order valence-electron chi connectivity index (χ1n) is 6.75. The van der Waals surface area contributed by atoms with Crippen LogP contribution in [0, 0.1) is 5.92 Å². The van der Waals surface area contributed by atoms with E-state index in [1.165, 1.54) is 5.56 Å². The molecule has 1 atom stereocenters. The van der Waals surface area contributed by atoms with Crippen LogP contribution in [0.4, 0.5) is 5.69 Å². The van der Waals surface area contributed by atoms with Crippen LogP contribution in [0.15, 0.2) is 24.3 Å². The highest BCUT2D eigenvalue weighted by Crippen LogP contribution is 2.18. The second kappa shape index (κ2) is 7.51. The van der Waals surface area contributed by atoms with E-state index >= 15 is 0 Å². The Morgan fingerprint density at radius 1 is 1.37 bits per heavy atom. The van der Waals surface area contributed by atoms with Gasteiger partial charge in [-0.2, -0.15) is 0 Å². The van der Waals surface area contributed by atoms with Gasteiger partial charge in [0.1, 0.15) is 0 Å². The van der Waals surface area contributed by atoms with Crippen LogP contribution in [-0.2, 0) is 4.79 Å². The summed E-state index contributed by atoms with van der Waals surface area (Å²) in [4.78, 5) is 11.8. The molecule has 1 heterocycles. The van der Waals surface area contributed by atoms with Crippen LogP contribution < -0.4 is 10.6 Å². The molecule has 1 saturated heterocycles. The smallest absolute Gasteiger partial charge is 0.224 e. The molecule has 0 aliphatic carbocycles. The van der Waals surface area contributed by atoms with Gasteiger partial charge >= 0.3 is 0 Å². The quantitative estimate of drug-likeness (QED) is 0.891. The van der Waals surface area contributed by atoms with Gasteiger partial charge in [-0.25, -0.2) is 0 Å². The normalized spacial score (nSPS) is 18.2. The summed E-state index contributed by atoms with van der Waals surface area (Å²) < 4.78 is 0. The number of hydrogen-bond donors (Lipinski definition) is 2. The van der Waals surface area contributed by atoms with Crippen LogP contribution in [0.3, 0.4) is 0 Å². The fourth-order valence-corrected chi connectivity index (χ4v) is 2.31. The zero-order valence-electron chi connectivity index (χ0n) is 11.6. The number of carbonyl (C=O) groups excluding carboxylic acids is 1. The van der Waals surface area contributed by atoms with E-state index in [-0.39, 0.29) is 18.3 Å². The minimum Gasteiger partial charge on any atom is -0.326 e. The fourth-order valence-electron chi connectivity index (χ4n) is 2.31. The topological polar surface area (TPSA) is 41.1 Å². The SMILES string of the molecule is CC(C)c1ccc(NC(=O)CC2CCNC2)cc1.Cl. The Morgan fingerprint density at radius 2 is 2.05 bits per heavy atom. The average molecular weight is 283 g/mol. The van der Waals surface area contributed by atoms with E-state index in [1.54, 1.807) is 0 Å². The maximum atomic E-state index is 11.8. The van der Waals surface area contributed by atoms with Crippen molar-refractivity contribution in [1.29, 1.82) is 0 Å². The molecule has 0 bridgehead atoms. The molecular weight excluding hydrogens is 260 g/mol. The van der Waals surface area contributed by atoms with E-state index in [1.807, 2.05) is 12.1 Å². The van der Waals surface area contributed by atoms with Gasteiger partial charge in [-0.05, 0) is 49.0 Å². The van der Waals surface area contributed by atoms with Gasteiger partial charge in [0.05, 0.1) is 0 Å². The highest BCUT2D eigenvalue weighted by Gasteiger charge is 2.17. The van der Waals surface area contributed by atoms with Crippen LogP contribution in [0.2, 0.25) is 0 Å². The highest BCUT2D eigenvalue weighted by atomic mass is 35.5. The zero-order valence-corrected chi connectivity index (χ0v) is 12.4. The number of amides is 1. The molecule has 1 fully saturated rings. The summed E-state index contributed by atoms with van der Waals surface area (Å²) in [5.41, 5.74) is 2.20. The molecule has 1 aromatic rings. The maximum absolute atomic E-state index is 11.8. The van der Waals surface area contributed by atoms with Crippen molar-refractivity contribution in [2.24, 2.45) is 5.92 Å². The molecule has 2 N–H and O–H groups in total. The number of anilines is 1. The summed E-state index contributed by atoms with van der Waals surface area (Å²) >= 11 is 0. The second-order valence-corrected chi connectivity index (χ2v) is 5.39.